The van der Waals surface area contributed by atoms with Crippen LogP contribution in [-0.2, 0) is 28.6 Å². The summed E-state index contributed by atoms with van der Waals surface area (Å²) in [4.78, 5) is 37.9. The predicted molar refractivity (Wildman–Crippen MR) is 283 cm³/mol. The summed E-state index contributed by atoms with van der Waals surface area (Å²) >= 11 is 0. The fourth-order valence-corrected chi connectivity index (χ4v) is 5.82. The smallest absolute Gasteiger partial charge is 0.306 e. The Morgan fingerprint density at radius 2 is 0.576 bits per heavy atom. The molecule has 1 atom stereocenters. The second-order valence-corrected chi connectivity index (χ2v) is 15.6. The maximum absolute atomic E-state index is 12.8. The first-order valence-corrected chi connectivity index (χ1v) is 25.1. The normalized spacial score (nSPS) is 13.6. The zero-order chi connectivity index (χ0) is 47.9. The molecule has 0 aliphatic carbocycles. The molecule has 0 spiro atoms. The maximum Gasteiger partial charge on any atom is 0.306 e. The van der Waals surface area contributed by atoms with Crippen molar-refractivity contribution in [1.29, 1.82) is 0 Å². The molecule has 66 heavy (non-hydrogen) atoms. The first-order valence-electron chi connectivity index (χ1n) is 25.1. The maximum atomic E-state index is 12.8. The summed E-state index contributed by atoms with van der Waals surface area (Å²) in [5.74, 6) is -1.17. The molecule has 0 fully saturated rings. The second kappa shape index (κ2) is 52.4. The van der Waals surface area contributed by atoms with Gasteiger partial charge in [0.15, 0.2) is 6.10 Å². The van der Waals surface area contributed by atoms with Crippen LogP contribution in [0.4, 0.5) is 0 Å². The molecule has 6 heteroatoms. The molecular formula is C60H88O6. The van der Waals surface area contributed by atoms with Crippen molar-refractivity contribution < 1.29 is 28.6 Å². The fraction of sp³-hybridized carbons (Fsp3) is 0.483. The lowest BCUT2D eigenvalue weighted by Crippen LogP contribution is -2.30. The van der Waals surface area contributed by atoms with Crippen molar-refractivity contribution in [2.75, 3.05) is 13.2 Å². The number of rotatable bonds is 42. The van der Waals surface area contributed by atoms with Gasteiger partial charge in [-0.15, -0.1) is 0 Å². The standard InChI is InChI=1S/C60H88O6/c1-4-7-10-13-16-19-22-25-28-31-34-37-40-43-46-49-52-58(61)64-55-57(66-60(63)54-51-48-45-42-39-36-33-30-27-24-21-18-15-12-9-6-3)56-65-59(62)53-50-47-44-41-38-35-32-29-26-23-20-17-14-11-8-5-2/h7-12,16-21,25-30,34-39,43,45-46,48,57H,4-6,13-15,22-24,31-33,40-42,44,47,49-56H2,1-3H3/b10-7-,11-8-,12-9-,19-16-,20-17-,21-18-,28-25-,29-26-,30-27-,37-34-,38-35-,39-36-,46-43-,48-45-. The monoisotopic (exact) mass is 905 g/mol. The molecule has 0 radical (unpaired) electrons. The molecule has 6 nitrogen and oxygen atoms in total. The highest BCUT2D eigenvalue weighted by molar-refractivity contribution is 5.71. The van der Waals surface area contributed by atoms with E-state index in [1.54, 1.807) is 0 Å². The van der Waals surface area contributed by atoms with Crippen LogP contribution in [0.25, 0.3) is 0 Å². The van der Waals surface area contributed by atoms with Crippen LogP contribution >= 0.6 is 0 Å². The molecule has 0 amide bonds. The lowest BCUT2D eigenvalue weighted by molar-refractivity contribution is -0.166. The Balaban J connectivity index is 4.71. The van der Waals surface area contributed by atoms with Gasteiger partial charge in [0.25, 0.3) is 0 Å². The Hall–Kier alpha value is -5.23. The number of hydrogen-bond acceptors (Lipinski definition) is 6. The van der Waals surface area contributed by atoms with Crippen molar-refractivity contribution in [3.05, 3.63) is 170 Å². The van der Waals surface area contributed by atoms with E-state index in [9.17, 15) is 14.4 Å². The molecule has 0 rings (SSSR count). The van der Waals surface area contributed by atoms with Gasteiger partial charge >= 0.3 is 17.9 Å². The van der Waals surface area contributed by atoms with E-state index in [1.165, 1.54) is 0 Å². The third-order valence-corrected chi connectivity index (χ3v) is 9.47. The van der Waals surface area contributed by atoms with Crippen LogP contribution in [0.15, 0.2) is 170 Å². The Kier molecular flexibility index (Phi) is 48.2. The summed E-state index contributed by atoms with van der Waals surface area (Å²) in [7, 11) is 0. The molecule has 0 heterocycles. The first kappa shape index (κ1) is 60.8. The van der Waals surface area contributed by atoms with Crippen LogP contribution in [0.1, 0.15) is 168 Å². The summed E-state index contributed by atoms with van der Waals surface area (Å²) in [5, 5.41) is 0. The number of unbranched alkanes of at least 4 members (excludes halogenated alkanes) is 3. The summed E-state index contributed by atoms with van der Waals surface area (Å²) in [6.45, 7) is 6.10. The molecule has 0 aliphatic heterocycles. The minimum atomic E-state index is -0.870. The predicted octanol–water partition coefficient (Wildman–Crippen LogP) is 16.8. The van der Waals surface area contributed by atoms with Crippen molar-refractivity contribution in [3.8, 4) is 0 Å². The van der Waals surface area contributed by atoms with Gasteiger partial charge in [0.05, 0.1) is 0 Å². The highest BCUT2D eigenvalue weighted by Gasteiger charge is 2.19. The molecule has 0 bridgehead atoms. The zero-order valence-electron chi connectivity index (χ0n) is 41.4. The molecule has 0 N–H and O–H groups in total. The Bertz CT molecular complexity index is 1600. The van der Waals surface area contributed by atoms with Crippen LogP contribution in [0.2, 0.25) is 0 Å². The van der Waals surface area contributed by atoms with E-state index in [0.29, 0.717) is 12.8 Å². The largest absolute Gasteiger partial charge is 0.462 e. The van der Waals surface area contributed by atoms with Crippen LogP contribution in [0.3, 0.4) is 0 Å². The van der Waals surface area contributed by atoms with E-state index in [0.717, 1.165) is 116 Å². The SMILES string of the molecule is CC/C=C\C/C=C\C/C=C\C/C=C\C/C=C\CCC(=O)OCC(COC(=O)CCCCC/C=C\C/C=C\C/C=C\C/C=C\CC)OC(=O)CC/C=C\C/C=C\C/C=C\C/C=C\C/C=C\CC. The van der Waals surface area contributed by atoms with Crippen LogP contribution in [0, 0.1) is 0 Å². The number of allylic oxidation sites excluding steroid dienone is 28. The molecular weight excluding hydrogens is 817 g/mol. The van der Waals surface area contributed by atoms with Crippen molar-refractivity contribution >= 4 is 17.9 Å². The van der Waals surface area contributed by atoms with Gasteiger partial charge in [-0.05, 0) is 122 Å². The van der Waals surface area contributed by atoms with Gasteiger partial charge in [0.2, 0.25) is 0 Å². The van der Waals surface area contributed by atoms with E-state index in [2.05, 4.69) is 167 Å². The second-order valence-electron chi connectivity index (χ2n) is 15.6. The Morgan fingerprint density at radius 3 is 0.909 bits per heavy atom. The van der Waals surface area contributed by atoms with E-state index in [1.807, 2.05) is 24.3 Å². The minimum Gasteiger partial charge on any atom is -0.462 e. The zero-order valence-corrected chi connectivity index (χ0v) is 41.4. The molecule has 364 valence electrons. The average Bonchev–Trinajstić information content (AvgIpc) is 3.31. The topological polar surface area (TPSA) is 78.9 Å². The van der Waals surface area contributed by atoms with Crippen molar-refractivity contribution in [2.24, 2.45) is 0 Å². The van der Waals surface area contributed by atoms with Gasteiger partial charge in [-0.1, -0.05) is 197 Å². The van der Waals surface area contributed by atoms with Gasteiger partial charge in [0.1, 0.15) is 13.2 Å². The molecule has 0 aliphatic rings. The van der Waals surface area contributed by atoms with Gasteiger partial charge < -0.3 is 14.2 Å². The van der Waals surface area contributed by atoms with Crippen LogP contribution in [0.5, 0.6) is 0 Å². The van der Waals surface area contributed by atoms with Crippen LogP contribution < -0.4 is 0 Å². The molecule has 0 aromatic carbocycles. The number of carbonyl (C=O) groups is 3. The Labute approximate surface area is 402 Å². The summed E-state index contributed by atoms with van der Waals surface area (Å²) < 4.78 is 16.6. The van der Waals surface area contributed by atoms with Crippen molar-refractivity contribution in [2.45, 2.75) is 175 Å². The van der Waals surface area contributed by atoms with Gasteiger partial charge in [-0.3, -0.25) is 14.4 Å². The third-order valence-electron chi connectivity index (χ3n) is 9.47. The average molecular weight is 905 g/mol. The molecule has 0 aromatic heterocycles. The van der Waals surface area contributed by atoms with E-state index in [-0.39, 0.29) is 38.4 Å². The molecule has 0 saturated heterocycles. The molecule has 0 aromatic rings. The fourth-order valence-electron chi connectivity index (χ4n) is 5.82. The number of carbonyl (C=O) groups excluding carboxylic acids is 3. The quantitative estimate of drug-likeness (QED) is 0.0263. The van der Waals surface area contributed by atoms with Crippen molar-refractivity contribution in [1.82, 2.24) is 0 Å². The molecule has 1 unspecified atom stereocenters. The lowest BCUT2D eigenvalue weighted by atomic mass is 10.1. The third kappa shape index (κ3) is 49.8. The lowest BCUT2D eigenvalue weighted by Gasteiger charge is -2.18. The van der Waals surface area contributed by atoms with E-state index in [4.69, 9.17) is 14.2 Å². The number of hydrogen-bond donors (Lipinski definition) is 0. The highest BCUT2D eigenvalue weighted by atomic mass is 16.6. The van der Waals surface area contributed by atoms with Gasteiger partial charge in [-0.25, -0.2) is 0 Å². The minimum absolute atomic E-state index is 0.157. The number of esters is 3. The number of ether oxygens (including phenoxy) is 3. The first-order chi connectivity index (χ1) is 32.5. The van der Waals surface area contributed by atoms with Crippen molar-refractivity contribution in [3.63, 3.8) is 0 Å². The van der Waals surface area contributed by atoms with Crippen LogP contribution in [-0.4, -0.2) is 37.2 Å². The summed E-state index contributed by atoms with van der Waals surface area (Å²) in [6.07, 6.45) is 77.9. The summed E-state index contributed by atoms with van der Waals surface area (Å²) in [5.41, 5.74) is 0. The Morgan fingerprint density at radius 1 is 0.303 bits per heavy atom. The van der Waals surface area contributed by atoms with E-state index < -0.39 is 18.0 Å². The van der Waals surface area contributed by atoms with Gasteiger partial charge in [0, 0.05) is 19.3 Å². The highest BCUT2D eigenvalue weighted by Crippen LogP contribution is 2.09. The molecule has 0 saturated carbocycles. The van der Waals surface area contributed by atoms with Gasteiger partial charge in [-0.2, -0.15) is 0 Å². The van der Waals surface area contributed by atoms with E-state index >= 15 is 0 Å². The summed E-state index contributed by atoms with van der Waals surface area (Å²) in [6, 6.07) is 0.